The minimum Gasteiger partial charge on any atom is -0.493 e. The molecule has 0 radical (unpaired) electrons. The van der Waals surface area contributed by atoms with Crippen LogP contribution in [-0.2, 0) is 24.9 Å². The molecule has 0 spiro atoms. The van der Waals surface area contributed by atoms with Crippen LogP contribution in [0.25, 0.3) is 0 Å². The van der Waals surface area contributed by atoms with Crippen molar-refractivity contribution in [1.82, 2.24) is 25.4 Å². The Hall–Kier alpha value is -1.88. The van der Waals surface area contributed by atoms with E-state index < -0.39 is 0 Å². The van der Waals surface area contributed by atoms with Crippen LogP contribution in [0, 0.1) is 19.8 Å². The van der Waals surface area contributed by atoms with Crippen LogP contribution >= 0.6 is 24.0 Å². The first kappa shape index (κ1) is 27.2. The van der Waals surface area contributed by atoms with Gasteiger partial charge in [-0.2, -0.15) is 0 Å². The van der Waals surface area contributed by atoms with Crippen LogP contribution in [0.15, 0.2) is 23.2 Å². The van der Waals surface area contributed by atoms with E-state index in [4.69, 9.17) is 14.5 Å². The minimum absolute atomic E-state index is 0. The zero-order chi connectivity index (χ0) is 21.9. The maximum absolute atomic E-state index is 6.06. The molecule has 0 saturated carbocycles. The Morgan fingerprint density at radius 1 is 1.16 bits per heavy atom. The summed E-state index contributed by atoms with van der Waals surface area (Å²) in [5.41, 5.74) is 2.24. The average molecular weight is 544 g/mol. The maximum Gasteiger partial charge on any atom is 0.192 e. The molecule has 31 heavy (non-hydrogen) atoms. The number of methoxy groups -OCH3 is 1. The smallest absolute Gasteiger partial charge is 0.192 e. The third kappa shape index (κ3) is 9.42. The van der Waals surface area contributed by atoms with Crippen molar-refractivity contribution < 1.29 is 9.47 Å². The number of ether oxygens (including phenoxy) is 2. The summed E-state index contributed by atoms with van der Waals surface area (Å²) < 4.78 is 13.2. The van der Waals surface area contributed by atoms with Gasteiger partial charge >= 0.3 is 0 Å². The zero-order valence-electron chi connectivity index (χ0n) is 19.6. The molecule has 0 saturated heterocycles. The first-order valence-electron chi connectivity index (χ1n) is 10.5. The van der Waals surface area contributed by atoms with Gasteiger partial charge in [-0.1, -0.05) is 26.0 Å². The van der Waals surface area contributed by atoms with Crippen molar-refractivity contribution in [2.75, 3.05) is 26.9 Å². The Kier molecular flexibility index (Phi) is 12.5. The SMILES string of the molecule is COCCNC(=NCc1ccc(C)cc1OCCC(C)C)NCc1nnc(C)n1C.I. The third-order valence-electron chi connectivity index (χ3n) is 4.78. The van der Waals surface area contributed by atoms with Crippen molar-refractivity contribution in [3.8, 4) is 5.75 Å². The molecule has 0 unspecified atom stereocenters. The van der Waals surface area contributed by atoms with Gasteiger partial charge in [0.15, 0.2) is 11.8 Å². The summed E-state index contributed by atoms with van der Waals surface area (Å²) in [7, 11) is 3.63. The van der Waals surface area contributed by atoms with Gasteiger partial charge in [0.2, 0.25) is 0 Å². The Balaban J connectivity index is 0.00000480. The van der Waals surface area contributed by atoms with Gasteiger partial charge in [0.05, 0.1) is 26.3 Å². The van der Waals surface area contributed by atoms with Gasteiger partial charge in [-0.25, -0.2) is 4.99 Å². The van der Waals surface area contributed by atoms with E-state index in [1.807, 2.05) is 18.5 Å². The lowest BCUT2D eigenvalue weighted by Gasteiger charge is -2.14. The van der Waals surface area contributed by atoms with Crippen LogP contribution in [0.1, 0.15) is 43.0 Å². The normalized spacial score (nSPS) is 11.4. The van der Waals surface area contributed by atoms with Gasteiger partial charge in [-0.15, -0.1) is 34.2 Å². The molecule has 0 aliphatic carbocycles. The number of halogens is 1. The Bertz CT molecular complexity index is 822. The average Bonchev–Trinajstić information content (AvgIpc) is 3.02. The summed E-state index contributed by atoms with van der Waals surface area (Å²) in [5, 5.41) is 14.9. The second kappa shape index (κ2) is 14.2. The number of aryl methyl sites for hydroxylation is 2. The quantitative estimate of drug-likeness (QED) is 0.195. The fraction of sp³-hybridized carbons (Fsp3) is 0.591. The van der Waals surface area contributed by atoms with Crippen molar-refractivity contribution in [2.45, 2.75) is 47.2 Å². The standard InChI is InChI=1S/C22H36N6O2.HI/c1-16(2)9-11-30-20-13-17(3)7-8-19(20)14-24-22(23-10-12-29-6)25-15-21-27-26-18(4)28(21)5;/h7-8,13,16H,9-12,14-15H2,1-6H3,(H2,23,24,25);1H. The van der Waals surface area contributed by atoms with E-state index in [2.05, 4.69) is 59.8 Å². The van der Waals surface area contributed by atoms with Crippen molar-refractivity contribution in [3.63, 3.8) is 0 Å². The van der Waals surface area contributed by atoms with Crippen molar-refractivity contribution >= 4 is 29.9 Å². The molecule has 0 bridgehead atoms. The number of rotatable bonds is 11. The van der Waals surface area contributed by atoms with Gasteiger partial charge in [-0.3, -0.25) is 0 Å². The van der Waals surface area contributed by atoms with Crippen LogP contribution in [-0.4, -0.2) is 47.6 Å². The number of hydrogen-bond acceptors (Lipinski definition) is 5. The van der Waals surface area contributed by atoms with Gasteiger partial charge in [0.25, 0.3) is 0 Å². The number of aromatic nitrogens is 3. The first-order valence-corrected chi connectivity index (χ1v) is 10.5. The Morgan fingerprint density at radius 2 is 1.94 bits per heavy atom. The van der Waals surface area contributed by atoms with E-state index >= 15 is 0 Å². The lowest BCUT2D eigenvalue weighted by atomic mass is 10.1. The molecule has 0 amide bonds. The maximum atomic E-state index is 6.06. The van der Waals surface area contributed by atoms with Crippen LogP contribution in [0.4, 0.5) is 0 Å². The molecule has 174 valence electrons. The van der Waals surface area contributed by atoms with E-state index in [-0.39, 0.29) is 24.0 Å². The lowest BCUT2D eigenvalue weighted by Crippen LogP contribution is -2.39. The molecule has 0 fully saturated rings. The van der Waals surface area contributed by atoms with Gasteiger partial charge < -0.3 is 24.7 Å². The number of hydrogen-bond donors (Lipinski definition) is 2. The second-order valence-corrected chi connectivity index (χ2v) is 7.80. The molecular weight excluding hydrogens is 507 g/mol. The highest BCUT2D eigenvalue weighted by molar-refractivity contribution is 14.0. The molecule has 2 aromatic rings. The molecule has 1 aromatic heterocycles. The van der Waals surface area contributed by atoms with Gasteiger partial charge in [0, 0.05) is 26.3 Å². The highest BCUT2D eigenvalue weighted by Crippen LogP contribution is 2.22. The Labute approximate surface area is 203 Å². The van der Waals surface area contributed by atoms with Gasteiger partial charge in [0.1, 0.15) is 11.6 Å². The number of aliphatic imine (C=N–C) groups is 1. The van der Waals surface area contributed by atoms with Crippen molar-refractivity contribution in [3.05, 3.63) is 41.0 Å². The predicted molar refractivity (Wildman–Crippen MR) is 135 cm³/mol. The zero-order valence-corrected chi connectivity index (χ0v) is 21.9. The molecule has 1 heterocycles. The fourth-order valence-corrected chi connectivity index (χ4v) is 2.71. The molecule has 2 rings (SSSR count). The van der Waals surface area contributed by atoms with Crippen LogP contribution < -0.4 is 15.4 Å². The van der Waals surface area contributed by atoms with E-state index in [0.29, 0.717) is 44.7 Å². The number of nitrogens with zero attached hydrogens (tertiary/aromatic N) is 4. The molecule has 9 heteroatoms. The predicted octanol–water partition coefficient (Wildman–Crippen LogP) is 3.36. The molecule has 0 aliphatic heterocycles. The summed E-state index contributed by atoms with van der Waals surface area (Å²) in [6.45, 7) is 11.4. The first-order chi connectivity index (χ1) is 14.4. The molecular formula is C22H37IN6O2. The van der Waals surface area contributed by atoms with Crippen LogP contribution in [0.3, 0.4) is 0 Å². The third-order valence-corrected chi connectivity index (χ3v) is 4.78. The minimum atomic E-state index is 0. The van der Waals surface area contributed by atoms with E-state index in [1.54, 1.807) is 7.11 Å². The number of benzene rings is 1. The highest BCUT2D eigenvalue weighted by Gasteiger charge is 2.08. The topological polar surface area (TPSA) is 85.6 Å². The molecule has 0 aliphatic rings. The summed E-state index contributed by atoms with van der Waals surface area (Å²) in [6, 6.07) is 6.26. The summed E-state index contributed by atoms with van der Waals surface area (Å²) in [5.74, 6) is 3.93. The largest absolute Gasteiger partial charge is 0.493 e. The molecule has 1 aromatic carbocycles. The number of nitrogens with one attached hydrogen (secondary N) is 2. The van der Waals surface area contributed by atoms with Gasteiger partial charge in [-0.05, 0) is 37.8 Å². The summed E-state index contributed by atoms with van der Waals surface area (Å²) in [4.78, 5) is 4.75. The summed E-state index contributed by atoms with van der Waals surface area (Å²) >= 11 is 0. The van der Waals surface area contributed by atoms with Crippen LogP contribution in [0.2, 0.25) is 0 Å². The monoisotopic (exact) mass is 544 g/mol. The van der Waals surface area contributed by atoms with E-state index in [0.717, 1.165) is 29.4 Å². The Morgan fingerprint density at radius 3 is 2.58 bits per heavy atom. The van der Waals surface area contributed by atoms with Crippen LogP contribution in [0.5, 0.6) is 5.75 Å². The molecule has 2 N–H and O–H groups in total. The van der Waals surface area contributed by atoms with Crippen molar-refractivity contribution in [2.24, 2.45) is 18.0 Å². The van der Waals surface area contributed by atoms with E-state index in [9.17, 15) is 0 Å². The number of guanidine groups is 1. The van der Waals surface area contributed by atoms with Crippen molar-refractivity contribution in [1.29, 1.82) is 0 Å². The second-order valence-electron chi connectivity index (χ2n) is 7.80. The summed E-state index contributed by atoms with van der Waals surface area (Å²) in [6.07, 6.45) is 1.03. The molecule has 8 nitrogen and oxygen atoms in total. The van der Waals surface area contributed by atoms with E-state index in [1.165, 1.54) is 5.56 Å². The fourth-order valence-electron chi connectivity index (χ4n) is 2.71. The lowest BCUT2D eigenvalue weighted by molar-refractivity contribution is 0.203. The highest BCUT2D eigenvalue weighted by atomic mass is 127. The molecule has 0 atom stereocenters.